The molecule has 0 aliphatic rings. The van der Waals surface area contributed by atoms with E-state index in [9.17, 15) is 0 Å². The molecule has 0 aromatic rings. The first-order chi connectivity index (χ1) is 3.31. The van der Waals surface area contributed by atoms with Crippen LogP contribution in [0.3, 0.4) is 0 Å². The summed E-state index contributed by atoms with van der Waals surface area (Å²) in [6, 6.07) is 0. The third kappa shape index (κ3) is 4.66. The molecule has 38 valence electrons. The van der Waals surface area contributed by atoms with Gasteiger partial charge in [-0.1, -0.05) is 0 Å². The summed E-state index contributed by atoms with van der Waals surface area (Å²) in [5.74, 6) is 0. The fraction of sp³-hybridized carbons (Fsp3) is 1.00. The first-order valence-electron chi connectivity index (χ1n) is 3.02. The zero-order valence-electron chi connectivity index (χ0n) is 5.20. The SMILES string of the molecule is CCC[CH]([Sn+3])CC. The van der Waals surface area contributed by atoms with Crippen molar-refractivity contribution in [2.24, 2.45) is 0 Å². The Morgan fingerprint density at radius 2 is 2.00 bits per heavy atom. The summed E-state index contributed by atoms with van der Waals surface area (Å²) in [4.78, 5) is 0. The maximum absolute atomic E-state index is 2.27. The van der Waals surface area contributed by atoms with E-state index >= 15 is 0 Å². The molecule has 1 atom stereocenters. The van der Waals surface area contributed by atoms with Crippen molar-refractivity contribution in [3.05, 3.63) is 0 Å². The minimum atomic E-state index is 1.04. The van der Waals surface area contributed by atoms with Crippen LogP contribution < -0.4 is 0 Å². The van der Waals surface area contributed by atoms with Crippen LogP contribution in [0, 0.1) is 0 Å². The molecule has 0 fully saturated rings. The van der Waals surface area contributed by atoms with Crippen LogP contribution in [0.2, 0.25) is 3.93 Å². The second kappa shape index (κ2) is 4.95. The van der Waals surface area contributed by atoms with Gasteiger partial charge in [-0.15, -0.1) is 0 Å². The van der Waals surface area contributed by atoms with E-state index in [1.807, 2.05) is 0 Å². The summed E-state index contributed by atoms with van der Waals surface area (Å²) in [6.07, 6.45) is 4.19. The molecule has 0 aromatic heterocycles. The molecule has 1 unspecified atom stereocenters. The Morgan fingerprint density at radius 3 is 2.14 bits per heavy atom. The molecular weight excluding hydrogens is 191 g/mol. The molecule has 0 N–H and O–H groups in total. The Kier molecular flexibility index (Phi) is 5.51. The van der Waals surface area contributed by atoms with Crippen molar-refractivity contribution in [3.8, 4) is 0 Å². The zero-order chi connectivity index (χ0) is 5.70. The van der Waals surface area contributed by atoms with Gasteiger partial charge in [-0.3, -0.25) is 0 Å². The molecular formula is C6H13Sn+3. The quantitative estimate of drug-likeness (QED) is 0.617. The molecule has 0 aromatic carbocycles. The van der Waals surface area contributed by atoms with Crippen LogP contribution in [0.25, 0.3) is 0 Å². The topological polar surface area (TPSA) is 0 Å². The van der Waals surface area contributed by atoms with E-state index in [0.29, 0.717) is 0 Å². The summed E-state index contributed by atoms with van der Waals surface area (Å²) >= 11 is 1.72. The van der Waals surface area contributed by atoms with Crippen LogP contribution >= 0.6 is 0 Å². The number of rotatable bonds is 3. The van der Waals surface area contributed by atoms with Crippen LogP contribution in [-0.2, 0) is 0 Å². The standard InChI is InChI=1S/C6H13.Sn/c1-3-5-6-4-2;/h5H,3-4,6H2,1-2H3;/q;+3. The van der Waals surface area contributed by atoms with Crippen LogP contribution in [0.5, 0.6) is 0 Å². The van der Waals surface area contributed by atoms with Crippen molar-refractivity contribution in [3.63, 3.8) is 0 Å². The summed E-state index contributed by atoms with van der Waals surface area (Å²) < 4.78 is 1.04. The zero-order valence-corrected chi connectivity index (χ0v) is 8.05. The second-order valence-electron chi connectivity index (χ2n) is 1.89. The van der Waals surface area contributed by atoms with E-state index in [4.69, 9.17) is 0 Å². The molecule has 0 heterocycles. The van der Waals surface area contributed by atoms with E-state index < -0.39 is 0 Å². The van der Waals surface area contributed by atoms with Gasteiger partial charge in [0.2, 0.25) is 0 Å². The van der Waals surface area contributed by atoms with Gasteiger partial charge in [-0.25, -0.2) is 0 Å². The minimum absolute atomic E-state index is 1.04. The summed E-state index contributed by atoms with van der Waals surface area (Å²) in [5.41, 5.74) is 0. The van der Waals surface area contributed by atoms with E-state index in [1.165, 1.54) is 19.3 Å². The van der Waals surface area contributed by atoms with Crippen LogP contribution in [-0.4, -0.2) is 22.5 Å². The summed E-state index contributed by atoms with van der Waals surface area (Å²) in [7, 11) is 0. The van der Waals surface area contributed by atoms with E-state index in [1.54, 1.807) is 22.5 Å². The van der Waals surface area contributed by atoms with Crippen molar-refractivity contribution >= 4 is 22.5 Å². The van der Waals surface area contributed by atoms with Crippen molar-refractivity contribution in [2.45, 2.75) is 37.0 Å². The molecule has 0 radical (unpaired) electrons. The number of hydrogen-bond acceptors (Lipinski definition) is 0. The Balaban J connectivity index is 2.83. The molecule has 0 rings (SSSR count). The van der Waals surface area contributed by atoms with Crippen molar-refractivity contribution in [2.75, 3.05) is 0 Å². The third-order valence-corrected chi connectivity index (χ3v) is 3.12. The molecule has 1 heteroatoms. The molecule has 0 spiro atoms. The van der Waals surface area contributed by atoms with Crippen molar-refractivity contribution in [1.82, 2.24) is 0 Å². The molecule has 0 saturated heterocycles. The summed E-state index contributed by atoms with van der Waals surface area (Å²) in [5, 5.41) is 0. The van der Waals surface area contributed by atoms with Crippen molar-refractivity contribution < 1.29 is 0 Å². The molecule has 0 bridgehead atoms. The van der Waals surface area contributed by atoms with Gasteiger partial charge >= 0.3 is 59.6 Å². The average Bonchev–Trinajstić information content (AvgIpc) is 1.68. The van der Waals surface area contributed by atoms with Gasteiger partial charge < -0.3 is 0 Å². The normalized spacial score (nSPS) is 14.3. The Hall–Kier alpha value is 0.799. The van der Waals surface area contributed by atoms with E-state index in [2.05, 4.69) is 13.8 Å². The predicted octanol–water partition coefficient (Wildman–Crippen LogP) is 2.15. The Morgan fingerprint density at radius 1 is 1.43 bits per heavy atom. The van der Waals surface area contributed by atoms with Gasteiger partial charge in [0.1, 0.15) is 0 Å². The summed E-state index contributed by atoms with van der Waals surface area (Å²) in [6.45, 7) is 4.53. The van der Waals surface area contributed by atoms with Gasteiger partial charge in [-0.2, -0.15) is 0 Å². The molecule has 7 heavy (non-hydrogen) atoms. The monoisotopic (exact) mass is 205 g/mol. The fourth-order valence-electron chi connectivity index (χ4n) is 0.553. The van der Waals surface area contributed by atoms with Crippen LogP contribution in [0.15, 0.2) is 0 Å². The number of hydrogen-bond donors (Lipinski definition) is 0. The molecule has 0 saturated carbocycles. The van der Waals surface area contributed by atoms with E-state index in [-0.39, 0.29) is 0 Å². The second-order valence-corrected chi connectivity index (χ2v) is 4.22. The molecule has 0 aliphatic heterocycles. The molecule has 0 amide bonds. The van der Waals surface area contributed by atoms with E-state index in [0.717, 1.165) is 3.93 Å². The first-order valence-corrected chi connectivity index (χ1v) is 4.67. The average molecular weight is 204 g/mol. The first kappa shape index (κ1) is 7.80. The molecule has 0 nitrogen and oxygen atoms in total. The van der Waals surface area contributed by atoms with Gasteiger partial charge in [0, 0.05) is 0 Å². The van der Waals surface area contributed by atoms with Crippen LogP contribution in [0.1, 0.15) is 33.1 Å². The Bertz CT molecular complexity index is 35.2. The van der Waals surface area contributed by atoms with Gasteiger partial charge in [0.05, 0.1) is 0 Å². The van der Waals surface area contributed by atoms with Gasteiger partial charge in [0.15, 0.2) is 0 Å². The van der Waals surface area contributed by atoms with Gasteiger partial charge in [-0.05, 0) is 0 Å². The van der Waals surface area contributed by atoms with Crippen LogP contribution in [0.4, 0.5) is 0 Å². The fourth-order valence-corrected chi connectivity index (χ4v) is 1.38. The maximum atomic E-state index is 2.27. The third-order valence-electron chi connectivity index (χ3n) is 1.13. The van der Waals surface area contributed by atoms with Crippen molar-refractivity contribution in [1.29, 1.82) is 0 Å². The molecule has 0 aliphatic carbocycles. The predicted molar refractivity (Wildman–Crippen MR) is 34.7 cm³/mol. The van der Waals surface area contributed by atoms with Gasteiger partial charge in [0.25, 0.3) is 0 Å². The Labute approximate surface area is 59.8 Å².